The molecule has 0 aliphatic carbocycles. The van der Waals surface area contributed by atoms with Crippen molar-refractivity contribution in [2.75, 3.05) is 17.7 Å². The Morgan fingerprint density at radius 2 is 1.58 bits per heavy atom. The van der Waals surface area contributed by atoms with Crippen molar-refractivity contribution in [1.82, 2.24) is 10.3 Å². The number of aromatic nitrogens is 1. The largest absolute Gasteiger partial charge is 0.465 e. The number of carbonyl (C=O) groups excluding carboxylic acids is 1. The van der Waals surface area contributed by atoms with E-state index in [2.05, 4.69) is 16.0 Å². The third-order valence-electron chi connectivity index (χ3n) is 5.11. The summed E-state index contributed by atoms with van der Waals surface area (Å²) in [4.78, 5) is 28.4. The maximum atomic E-state index is 12.5. The molecule has 7 nitrogen and oxygen atoms in total. The van der Waals surface area contributed by atoms with Crippen molar-refractivity contribution in [3.05, 3.63) is 71.3 Å². The summed E-state index contributed by atoms with van der Waals surface area (Å²) in [7, 11) is 1.59. The standard InChI is InChI=1S/C24H22N4O3/c1-13-10-15(12-16(11-13)27-24(30)31)26-21-17-7-4-6-14(2)20(17)28-22-18(21)8-5-9-19(22)23(29)25-3/h4-12,27H,1-3H3,(H,25,29)(H,26,28)(H,30,31). The fourth-order valence-corrected chi connectivity index (χ4v) is 3.78. The predicted molar refractivity (Wildman–Crippen MR) is 123 cm³/mol. The fraction of sp³-hybridized carbons (Fsp3) is 0.125. The highest BCUT2D eigenvalue weighted by atomic mass is 16.4. The lowest BCUT2D eigenvalue weighted by molar-refractivity contribution is 0.0964. The smallest absolute Gasteiger partial charge is 0.409 e. The molecule has 0 saturated heterocycles. The zero-order valence-corrected chi connectivity index (χ0v) is 17.4. The first-order valence-electron chi connectivity index (χ1n) is 9.80. The molecule has 0 aliphatic rings. The highest BCUT2D eigenvalue weighted by molar-refractivity contribution is 6.15. The number of para-hydroxylation sites is 2. The van der Waals surface area contributed by atoms with Crippen LogP contribution in [0.2, 0.25) is 0 Å². The summed E-state index contributed by atoms with van der Waals surface area (Å²) in [5.41, 5.74) is 5.79. The van der Waals surface area contributed by atoms with Crippen molar-refractivity contribution < 1.29 is 14.7 Å². The molecule has 0 spiro atoms. The van der Waals surface area contributed by atoms with E-state index in [0.717, 1.165) is 38.8 Å². The van der Waals surface area contributed by atoms with E-state index in [0.29, 0.717) is 16.8 Å². The van der Waals surface area contributed by atoms with Crippen LogP contribution in [0.5, 0.6) is 0 Å². The van der Waals surface area contributed by atoms with Gasteiger partial charge in [0.15, 0.2) is 0 Å². The van der Waals surface area contributed by atoms with E-state index in [1.54, 1.807) is 25.2 Å². The number of rotatable bonds is 4. The van der Waals surface area contributed by atoms with Gasteiger partial charge < -0.3 is 15.7 Å². The minimum atomic E-state index is -1.12. The molecule has 3 aromatic carbocycles. The Kier molecular flexibility index (Phi) is 5.17. The van der Waals surface area contributed by atoms with Crippen molar-refractivity contribution >= 4 is 50.9 Å². The third kappa shape index (κ3) is 3.85. The van der Waals surface area contributed by atoms with E-state index in [1.807, 2.05) is 50.2 Å². The van der Waals surface area contributed by atoms with Crippen LogP contribution < -0.4 is 16.0 Å². The van der Waals surface area contributed by atoms with E-state index < -0.39 is 6.09 Å². The summed E-state index contributed by atoms with van der Waals surface area (Å²) in [6.45, 7) is 3.88. The van der Waals surface area contributed by atoms with Crippen molar-refractivity contribution in [3.8, 4) is 0 Å². The van der Waals surface area contributed by atoms with Gasteiger partial charge in [0.05, 0.1) is 22.3 Å². The minimum absolute atomic E-state index is 0.208. The van der Waals surface area contributed by atoms with Gasteiger partial charge in [-0.1, -0.05) is 30.3 Å². The summed E-state index contributed by atoms with van der Waals surface area (Å²) in [5, 5.41) is 19.3. The average Bonchev–Trinajstić information content (AvgIpc) is 2.72. The van der Waals surface area contributed by atoms with Crippen molar-refractivity contribution in [2.24, 2.45) is 0 Å². The Hall–Kier alpha value is -4.13. The first kappa shape index (κ1) is 20.2. The van der Waals surface area contributed by atoms with E-state index in [1.165, 1.54) is 0 Å². The Labute approximate surface area is 179 Å². The molecule has 1 heterocycles. The number of anilines is 3. The van der Waals surface area contributed by atoms with Gasteiger partial charge in [-0.05, 0) is 49.2 Å². The average molecular weight is 414 g/mol. The number of aryl methyl sites for hydroxylation is 2. The molecule has 4 aromatic rings. The maximum absolute atomic E-state index is 12.5. The second-order valence-electron chi connectivity index (χ2n) is 7.38. The number of fused-ring (bicyclic) bond motifs is 2. The second-order valence-corrected chi connectivity index (χ2v) is 7.38. The van der Waals surface area contributed by atoms with Gasteiger partial charge in [-0.3, -0.25) is 10.1 Å². The Bertz CT molecular complexity index is 1350. The van der Waals surface area contributed by atoms with Crippen LogP contribution in [0, 0.1) is 13.8 Å². The van der Waals surface area contributed by atoms with Crippen molar-refractivity contribution in [3.63, 3.8) is 0 Å². The van der Waals surface area contributed by atoms with Crippen LogP contribution in [0.1, 0.15) is 21.5 Å². The van der Waals surface area contributed by atoms with Crippen molar-refractivity contribution in [1.29, 1.82) is 0 Å². The molecular formula is C24H22N4O3. The first-order valence-corrected chi connectivity index (χ1v) is 9.80. The van der Waals surface area contributed by atoms with Gasteiger partial charge in [0, 0.05) is 29.2 Å². The van der Waals surface area contributed by atoms with Crippen LogP contribution in [0.3, 0.4) is 0 Å². The number of hydrogen-bond donors (Lipinski definition) is 4. The quantitative estimate of drug-likeness (QED) is 0.344. The molecule has 0 aliphatic heterocycles. The van der Waals surface area contributed by atoms with Crippen molar-refractivity contribution in [2.45, 2.75) is 13.8 Å². The van der Waals surface area contributed by atoms with Crippen LogP contribution in [-0.4, -0.2) is 29.1 Å². The second kappa shape index (κ2) is 7.95. The SMILES string of the molecule is CNC(=O)c1cccc2c(Nc3cc(C)cc(NC(=O)O)c3)c3cccc(C)c3nc12. The summed E-state index contributed by atoms with van der Waals surface area (Å²) in [6, 6.07) is 16.9. The number of pyridine rings is 1. The number of carboxylic acid groups (broad SMARTS) is 1. The topological polar surface area (TPSA) is 103 Å². The van der Waals surface area contributed by atoms with Gasteiger partial charge in [-0.25, -0.2) is 9.78 Å². The summed E-state index contributed by atoms with van der Waals surface area (Å²) < 4.78 is 0. The number of nitrogens with one attached hydrogen (secondary N) is 3. The predicted octanol–water partition coefficient (Wildman–Crippen LogP) is 5.20. The molecular weight excluding hydrogens is 392 g/mol. The van der Waals surface area contributed by atoms with Gasteiger partial charge in [0.1, 0.15) is 0 Å². The molecule has 0 bridgehead atoms. The Morgan fingerprint density at radius 3 is 2.29 bits per heavy atom. The number of amides is 2. The molecule has 7 heteroatoms. The fourth-order valence-electron chi connectivity index (χ4n) is 3.78. The summed E-state index contributed by atoms with van der Waals surface area (Å²) in [5.74, 6) is -0.208. The zero-order chi connectivity index (χ0) is 22.1. The van der Waals surface area contributed by atoms with Crippen LogP contribution in [0.15, 0.2) is 54.6 Å². The molecule has 0 radical (unpaired) electrons. The Balaban J connectivity index is 1.98. The lowest BCUT2D eigenvalue weighted by atomic mass is 10.0. The number of benzene rings is 3. The molecule has 4 rings (SSSR count). The van der Waals surface area contributed by atoms with Gasteiger partial charge in [0.25, 0.3) is 5.91 Å². The van der Waals surface area contributed by atoms with Gasteiger partial charge >= 0.3 is 6.09 Å². The third-order valence-corrected chi connectivity index (χ3v) is 5.11. The lowest BCUT2D eigenvalue weighted by Crippen LogP contribution is -2.18. The van der Waals surface area contributed by atoms with Crippen LogP contribution in [-0.2, 0) is 0 Å². The van der Waals surface area contributed by atoms with Gasteiger partial charge in [-0.2, -0.15) is 0 Å². The monoisotopic (exact) mass is 414 g/mol. The van der Waals surface area contributed by atoms with Crippen LogP contribution >= 0.6 is 0 Å². The molecule has 1 aromatic heterocycles. The number of carbonyl (C=O) groups is 2. The number of nitrogens with zero attached hydrogens (tertiary/aromatic N) is 1. The molecule has 0 atom stereocenters. The molecule has 156 valence electrons. The summed E-state index contributed by atoms with van der Waals surface area (Å²) >= 11 is 0. The highest BCUT2D eigenvalue weighted by Gasteiger charge is 2.16. The highest BCUT2D eigenvalue weighted by Crippen LogP contribution is 2.36. The normalized spacial score (nSPS) is 10.8. The maximum Gasteiger partial charge on any atom is 0.409 e. The molecule has 4 N–H and O–H groups in total. The molecule has 31 heavy (non-hydrogen) atoms. The molecule has 2 amide bonds. The van der Waals surface area contributed by atoms with E-state index in [9.17, 15) is 9.59 Å². The van der Waals surface area contributed by atoms with Crippen LogP contribution in [0.25, 0.3) is 21.8 Å². The molecule has 0 fully saturated rings. The molecule has 0 saturated carbocycles. The van der Waals surface area contributed by atoms with E-state index >= 15 is 0 Å². The van der Waals surface area contributed by atoms with Gasteiger partial charge in [0.2, 0.25) is 0 Å². The molecule has 0 unspecified atom stereocenters. The van der Waals surface area contributed by atoms with Gasteiger partial charge in [-0.15, -0.1) is 0 Å². The zero-order valence-electron chi connectivity index (χ0n) is 17.4. The van der Waals surface area contributed by atoms with Crippen LogP contribution in [0.4, 0.5) is 21.9 Å². The van der Waals surface area contributed by atoms with E-state index in [4.69, 9.17) is 10.1 Å². The Morgan fingerprint density at radius 1 is 0.903 bits per heavy atom. The minimum Gasteiger partial charge on any atom is -0.465 e. The summed E-state index contributed by atoms with van der Waals surface area (Å²) in [6.07, 6.45) is -1.12. The first-order chi connectivity index (χ1) is 14.9. The lowest BCUT2D eigenvalue weighted by Gasteiger charge is -2.17. The number of hydrogen-bond acceptors (Lipinski definition) is 4. The van der Waals surface area contributed by atoms with E-state index in [-0.39, 0.29) is 5.91 Å².